The van der Waals surface area contributed by atoms with Crippen molar-refractivity contribution < 1.29 is 9.23 Å². The van der Waals surface area contributed by atoms with Gasteiger partial charge in [0.15, 0.2) is 0 Å². The van der Waals surface area contributed by atoms with Gasteiger partial charge in [-0.05, 0) is 48.9 Å². The third kappa shape index (κ3) is 4.55. The number of anilines is 2. The normalized spacial score (nSPS) is 11.4. The fraction of sp³-hybridized carbons (Fsp3) is 0.0870. The number of aromatic nitrogens is 2. The molecular weight excluding hydrogens is 367 g/mol. The Morgan fingerprint density at radius 1 is 1.00 bits per heavy atom. The predicted molar refractivity (Wildman–Crippen MR) is 113 cm³/mol. The first-order chi connectivity index (χ1) is 14.2. The molecule has 144 valence electrons. The highest BCUT2D eigenvalue weighted by Gasteiger charge is 2.05. The largest absolute Gasteiger partial charge is 0.391 e. The van der Waals surface area contributed by atoms with Crippen molar-refractivity contribution >= 4 is 28.1 Å². The molecule has 4 aromatic rings. The van der Waals surface area contributed by atoms with Crippen LogP contribution >= 0.6 is 0 Å². The molecule has 1 aromatic heterocycles. The van der Waals surface area contributed by atoms with E-state index in [1.54, 1.807) is 18.5 Å². The second kappa shape index (κ2) is 8.48. The lowest BCUT2D eigenvalue weighted by atomic mass is 10.1. The Labute approximate surface area is 167 Å². The van der Waals surface area contributed by atoms with Gasteiger partial charge in [0.2, 0.25) is 0 Å². The lowest BCUT2D eigenvalue weighted by Gasteiger charge is -2.10. The molecule has 0 saturated carbocycles. The minimum Gasteiger partial charge on any atom is -0.391 e. The van der Waals surface area contributed by atoms with Crippen LogP contribution in [-0.4, -0.2) is 15.7 Å². The highest BCUT2D eigenvalue weighted by atomic mass is 19.1. The van der Waals surface area contributed by atoms with Crippen molar-refractivity contribution in [3.05, 3.63) is 96.1 Å². The average Bonchev–Trinajstić information content (AvgIpc) is 2.75. The number of nitrogens with one attached hydrogen (secondary N) is 1. The van der Waals surface area contributed by atoms with E-state index in [-0.39, 0.29) is 12.4 Å². The standard InChI is InChI=1S/C23H19FN4O/c1-16(28-29-14-17-9-11-19(24)12-10-17)18-5-4-6-20(13-18)27-23-21-7-2-3-8-22(21)25-15-26-23/h2-13,15H,14H2,1H3,(H,25,26,27)/b28-16+. The second-order valence-corrected chi connectivity index (χ2v) is 6.52. The fourth-order valence-electron chi connectivity index (χ4n) is 2.90. The van der Waals surface area contributed by atoms with Gasteiger partial charge in [0.1, 0.15) is 24.6 Å². The van der Waals surface area contributed by atoms with E-state index in [2.05, 4.69) is 20.4 Å². The summed E-state index contributed by atoms with van der Waals surface area (Å²) in [5.74, 6) is 0.476. The number of para-hydroxylation sites is 1. The van der Waals surface area contributed by atoms with Crippen LogP contribution in [0.15, 0.2) is 84.3 Å². The van der Waals surface area contributed by atoms with Crippen LogP contribution in [-0.2, 0) is 11.4 Å². The summed E-state index contributed by atoms with van der Waals surface area (Å²) in [6.45, 7) is 2.16. The summed E-state index contributed by atoms with van der Waals surface area (Å²) in [4.78, 5) is 14.1. The first kappa shape index (κ1) is 18.6. The summed E-state index contributed by atoms with van der Waals surface area (Å²) in [5.41, 5.74) is 4.29. The maximum Gasteiger partial charge on any atom is 0.142 e. The molecule has 5 nitrogen and oxygen atoms in total. The topological polar surface area (TPSA) is 59.4 Å². The third-order valence-electron chi connectivity index (χ3n) is 4.43. The lowest BCUT2D eigenvalue weighted by Crippen LogP contribution is -2.00. The Hall–Kier alpha value is -3.80. The highest BCUT2D eigenvalue weighted by Crippen LogP contribution is 2.23. The van der Waals surface area contributed by atoms with E-state index in [4.69, 9.17) is 4.84 Å². The molecule has 0 atom stereocenters. The van der Waals surface area contributed by atoms with E-state index in [9.17, 15) is 4.39 Å². The molecule has 0 aliphatic rings. The molecule has 0 bridgehead atoms. The molecule has 0 radical (unpaired) electrons. The summed E-state index contributed by atoms with van der Waals surface area (Å²) < 4.78 is 13.0. The molecule has 0 fully saturated rings. The van der Waals surface area contributed by atoms with Crippen LogP contribution in [0.5, 0.6) is 0 Å². The molecule has 0 saturated heterocycles. The van der Waals surface area contributed by atoms with Gasteiger partial charge in [0.25, 0.3) is 0 Å². The van der Waals surface area contributed by atoms with Gasteiger partial charge >= 0.3 is 0 Å². The van der Waals surface area contributed by atoms with Crippen LogP contribution < -0.4 is 5.32 Å². The predicted octanol–water partition coefficient (Wildman–Crippen LogP) is 5.45. The van der Waals surface area contributed by atoms with Gasteiger partial charge in [0, 0.05) is 16.6 Å². The van der Waals surface area contributed by atoms with Crippen LogP contribution in [0.25, 0.3) is 10.9 Å². The third-order valence-corrected chi connectivity index (χ3v) is 4.43. The van der Waals surface area contributed by atoms with Crippen LogP contribution in [0.3, 0.4) is 0 Å². The zero-order valence-electron chi connectivity index (χ0n) is 15.8. The van der Waals surface area contributed by atoms with E-state index >= 15 is 0 Å². The molecule has 0 aliphatic carbocycles. The molecule has 0 aliphatic heterocycles. The maximum atomic E-state index is 13.0. The number of rotatable bonds is 6. The Kier molecular flexibility index (Phi) is 5.42. The number of oxime groups is 1. The molecule has 1 heterocycles. The van der Waals surface area contributed by atoms with Gasteiger partial charge in [-0.25, -0.2) is 14.4 Å². The van der Waals surface area contributed by atoms with Gasteiger partial charge in [-0.1, -0.05) is 41.6 Å². The molecule has 29 heavy (non-hydrogen) atoms. The van der Waals surface area contributed by atoms with Crippen molar-refractivity contribution in [3.8, 4) is 0 Å². The van der Waals surface area contributed by atoms with E-state index in [0.29, 0.717) is 0 Å². The van der Waals surface area contributed by atoms with Crippen molar-refractivity contribution in [2.45, 2.75) is 13.5 Å². The Morgan fingerprint density at radius 3 is 2.69 bits per heavy atom. The van der Waals surface area contributed by atoms with Gasteiger partial charge in [-0.15, -0.1) is 0 Å². The SMILES string of the molecule is C/C(=N\OCc1ccc(F)cc1)c1cccc(Nc2ncnc3ccccc23)c1. The summed E-state index contributed by atoms with van der Waals surface area (Å²) in [6, 6.07) is 21.9. The summed E-state index contributed by atoms with van der Waals surface area (Å²) in [5, 5.41) is 8.48. The lowest BCUT2D eigenvalue weighted by molar-refractivity contribution is 0.130. The van der Waals surface area contributed by atoms with Gasteiger partial charge in [-0.2, -0.15) is 0 Å². The van der Waals surface area contributed by atoms with E-state index < -0.39 is 0 Å². The monoisotopic (exact) mass is 386 g/mol. The summed E-state index contributed by atoms with van der Waals surface area (Å²) in [7, 11) is 0. The van der Waals surface area contributed by atoms with Crippen molar-refractivity contribution in [1.29, 1.82) is 0 Å². The van der Waals surface area contributed by atoms with Crippen molar-refractivity contribution in [3.63, 3.8) is 0 Å². The van der Waals surface area contributed by atoms with Crippen molar-refractivity contribution in [1.82, 2.24) is 9.97 Å². The fourth-order valence-corrected chi connectivity index (χ4v) is 2.90. The van der Waals surface area contributed by atoms with Crippen LogP contribution in [0.2, 0.25) is 0 Å². The molecule has 1 N–H and O–H groups in total. The molecule has 4 rings (SSSR count). The molecule has 0 amide bonds. The zero-order chi connectivity index (χ0) is 20.1. The van der Waals surface area contributed by atoms with Crippen LogP contribution in [0.4, 0.5) is 15.9 Å². The number of fused-ring (bicyclic) bond motifs is 1. The Morgan fingerprint density at radius 2 is 1.83 bits per heavy atom. The number of halogens is 1. The van der Waals surface area contributed by atoms with Crippen LogP contribution in [0, 0.1) is 5.82 Å². The van der Waals surface area contributed by atoms with Crippen molar-refractivity contribution in [2.24, 2.45) is 5.16 Å². The molecule has 0 unspecified atom stereocenters. The van der Waals surface area contributed by atoms with E-state index in [0.717, 1.165) is 39.2 Å². The number of hydrogen-bond donors (Lipinski definition) is 1. The molecular formula is C23H19FN4O. The number of hydrogen-bond acceptors (Lipinski definition) is 5. The van der Waals surface area contributed by atoms with Crippen LogP contribution in [0.1, 0.15) is 18.1 Å². The van der Waals surface area contributed by atoms with E-state index in [1.807, 2.05) is 55.5 Å². The summed E-state index contributed by atoms with van der Waals surface area (Å²) >= 11 is 0. The van der Waals surface area contributed by atoms with Gasteiger partial charge < -0.3 is 10.2 Å². The average molecular weight is 386 g/mol. The van der Waals surface area contributed by atoms with E-state index in [1.165, 1.54) is 12.1 Å². The zero-order valence-corrected chi connectivity index (χ0v) is 15.8. The first-order valence-electron chi connectivity index (χ1n) is 9.17. The second-order valence-electron chi connectivity index (χ2n) is 6.52. The van der Waals surface area contributed by atoms with Gasteiger partial charge in [-0.3, -0.25) is 0 Å². The smallest absolute Gasteiger partial charge is 0.142 e. The molecule has 0 spiro atoms. The van der Waals surface area contributed by atoms with Crippen molar-refractivity contribution in [2.75, 3.05) is 5.32 Å². The number of nitrogens with zero attached hydrogens (tertiary/aromatic N) is 3. The number of benzene rings is 3. The molecule has 3 aromatic carbocycles. The first-order valence-corrected chi connectivity index (χ1v) is 9.17. The Balaban J connectivity index is 1.48. The quantitative estimate of drug-likeness (QED) is 0.353. The highest BCUT2D eigenvalue weighted by molar-refractivity contribution is 5.99. The molecule has 6 heteroatoms. The minimum atomic E-state index is -0.269. The minimum absolute atomic E-state index is 0.269. The summed E-state index contributed by atoms with van der Waals surface area (Å²) in [6.07, 6.45) is 1.55. The Bertz CT molecular complexity index is 1150. The maximum absolute atomic E-state index is 13.0. The van der Waals surface area contributed by atoms with Gasteiger partial charge in [0.05, 0.1) is 11.2 Å².